The van der Waals surface area contributed by atoms with Gasteiger partial charge in [0.15, 0.2) is 0 Å². The van der Waals surface area contributed by atoms with Crippen LogP contribution in [0.1, 0.15) is 26.3 Å². The largest absolute Gasteiger partial charge is 0.384 e. The van der Waals surface area contributed by atoms with Gasteiger partial charge in [-0.25, -0.2) is 4.98 Å². The first-order valence-corrected chi connectivity index (χ1v) is 5.60. The molecule has 1 aromatic heterocycles. The lowest BCUT2D eigenvalue weighted by Crippen LogP contribution is -2.30. The molecule has 0 aromatic carbocycles. The summed E-state index contributed by atoms with van der Waals surface area (Å²) in [7, 11) is 0. The van der Waals surface area contributed by atoms with Gasteiger partial charge in [-0.05, 0) is 25.0 Å². The van der Waals surface area contributed by atoms with Gasteiger partial charge in [0, 0.05) is 19.3 Å². The minimum absolute atomic E-state index is 0.0744. The van der Waals surface area contributed by atoms with Gasteiger partial charge in [-0.3, -0.25) is 5.41 Å². The maximum Gasteiger partial charge on any atom is 0.139 e. The van der Waals surface area contributed by atoms with E-state index in [1.807, 2.05) is 12.1 Å². The molecule has 4 nitrogen and oxygen atoms in total. The second-order valence-electron chi connectivity index (χ2n) is 4.22. The van der Waals surface area contributed by atoms with Gasteiger partial charge in [0.2, 0.25) is 0 Å². The Hall–Kier alpha value is -1.58. The summed E-state index contributed by atoms with van der Waals surface area (Å²) in [4.78, 5) is 6.48. The molecule has 0 radical (unpaired) electrons. The molecule has 0 fully saturated rings. The zero-order valence-electron chi connectivity index (χ0n) is 10.2. The zero-order valence-corrected chi connectivity index (χ0v) is 10.2. The van der Waals surface area contributed by atoms with Gasteiger partial charge in [0.05, 0.1) is 5.56 Å². The second kappa shape index (κ2) is 5.49. The van der Waals surface area contributed by atoms with Crippen LogP contribution in [0.5, 0.6) is 0 Å². The summed E-state index contributed by atoms with van der Waals surface area (Å²) in [6.07, 6.45) is 1.74. The van der Waals surface area contributed by atoms with Gasteiger partial charge in [-0.1, -0.05) is 13.8 Å². The van der Waals surface area contributed by atoms with Crippen LogP contribution in [0.15, 0.2) is 18.3 Å². The normalized spacial score (nSPS) is 10.5. The third kappa shape index (κ3) is 2.95. The fourth-order valence-corrected chi connectivity index (χ4v) is 1.67. The lowest BCUT2D eigenvalue weighted by atomic mass is 10.1. The number of anilines is 1. The Balaban J connectivity index is 3.04. The second-order valence-corrected chi connectivity index (χ2v) is 4.22. The van der Waals surface area contributed by atoms with Gasteiger partial charge in [-0.2, -0.15) is 0 Å². The Kier molecular flexibility index (Phi) is 4.28. The van der Waals surface area contributed by atoms with Crippen LogP contribution in [0, 0.1) is 11.3 Å². The van der Waals surface area contributed by atoms with Crippen LogP contribution in [-0.4, -0.2) is 23.9 Å². The van der Waals surface area contributed by atoms with Crippen molar-refractivity contribution in [3.05, 3.63) is 23.9 Å². The fourth-order valence-electron chi connectivity index (χ4n) is 1.67. The van der Waals surface area contributed by atoms with Crippen LogP contribution in [0.3, 0.4) is 0 Å². The number of pyridine rings is 1. The highest BCUT2D eigenvalue weighted by molar-refractivity contribution is 5.99. The van der Waals surface area contributed by atoms with Crippen LogP contribution < -0.4 is 10.6 Å². The summed E-state index contributed by atoms with van der Waals surface area (Å²) in [5.41, 5.74) is 6.27. The molecule has 0 unspecified atom stereocenters. The SMILES string of the molecule is CCN(CC(C)C)c1ncccc1C(=N)N. The molecule has 0 aliphatic carbocycles. The monoisotopic (exact) mass is 220 g/mol. The van der Waals surface area contributed by atoms with Crippen LogP contribution in [0.2, 0.25) is 0 Å². The average Bonchev–Trinajstić information content (AvgIpc) is 2.25. The summed E-state index contributed by atoms with van der Waals surface area (Å²) in [6.45, 7) is 8.21. The van der Waals surface area contributed by atoms with Crippen molar-refractivity contribution in [2.75, 3.05) is 18.0 Å². The zero-order chi connectivity index (χ0) is 12.1. The highest BCUT2D eigenvalue weighted by Crippen LogP contribution is 2.17. The molecule has 4 heteroatoms. The molecule has 3 N–H and O–H groups in total. The van der Waals surface area contributed by atoms with E-state index in [2.05, 4.69) is 30.7 Å². The number of hydrogen-bond donors (Lipinski definition) is 2. The molecule has 0 aliphatic rings. The van der Waals surface area contributed by atoms with E-state index >= 15 is 0 Å². The van der Waals surface area contributed by atoms with Crippen molar-refractivity contribution in [1.29, 1.82) is 5.41 Å². The molecule has 0 atom stereocenters. The number of rotatable bonds is 5. The van der Waals surface area contributed by atoms with Crippen molar-refractivity contribution in [1.82, 2.24) is 4.98 Å². The topological polar surface area (TPSA) is 66.0 Å². The Morgan fingerprint density at radius 1 is 1.56 bits per heavy atom. The highest BCUT2D eigenvalue weighted by atomic mass is 15.2. The Labute approximate surface area is 97.0 Å². The standard InChI is InChI=1S/C12H20N4/c1-4-16(8-9(2)3)12-10(11(13)14)6-5-7-15-12/h5-7,9H,4,8H2,1-3H3,(H3,13,14). The van der Waals surface area contributed by atoms with Crippen LogP contribution >= 0.6 is 0 Å². The van der Waals surface area contributed by atoms with Crippen molar-refractivity contribution in [3.63, 3.8) is 0 Å². The van der Waals surface area contributed by atoms with Crippen molar-refractivity contribution < 1.29 is 0 Å². The highest BCUT2D eigenvalue weighted by Gasteiger charge is 2.13. The molecule has 88 valence electrons. The van der Waals surface area contributed by atoms with Gasteiger partial charge < -0.3 is 10.6 Å². The van der Waals surface area contributed by atoms with Gasteiger partial charge in [-0.15, -0.1) is 0 Å². The Morgan fingerprint density at radius 3 is 2.75 bits per heavy atom. The van der Waals surface area contributed by atoms with Crippen molar-refractivity contribution in [2.45, 2.75) is 20.8 Å². The molecular formula is C12H20N4. The van der Waals surface area contributed by atoms with E-state index in [1.165, 1.54) is 0 Å². The van der Waals surface area contributed by atoms with E-state index in [9.17, 15) is 0 Å². The number of hydrogen-bond acceptors (Lipinski definition) is 3. The summed E-state index contributed by atoms with van der Waals surface area (Å²) >= 11 is 0. The van der Waals surface area contributed by atoms with Gasteiger partial charge >= 0.3 is 0 Å². The Bertz CT molecular complexity index is 360. The maximum atomic E-state index is 7.54. The van der Waals surface area contributed by atoms with Gasteiger partial charge in [0.1, 0.15) is 11.7 Å². The van der Waals surface area contributed by atoms with Crippen LogP contribution in [-0.2, 0) is 0 Å². The van der Waals surface area contributed by atoms with Crippen LogP contribution in [0.25, 0.3) is 0 Å². The third-order valence-electron chi connectivity index (χ3n) is 2.34. The predicted molar refractivity (Wildman–Crippen MR) is 68.0 cm³/mol. The molecule has 0 amide bonds. The number of nitrogens with one attached hydrogen (secondary N) is 1. The summed E-state index contributed by atoms with van der Waals surface area (Å²) < 4.78 is 0. The quantitative estimate of drug-likeness (QED) is 0.588. The number of aromatic nitrogens is 1. The predicted octanol–water partition coefficient (Wildman–Crippen LogP) is 1.85. The van der Waals surface area contributed by atoms with Gasteiger partial charge in [0.25, 0.3) is 0 Å². The molecule has 1 aromatic rings. The first-order chi connectivity index (χ1) is 7.56. The van der Waals surface area contributed by atoms with Crippen molar-refractivity contribution >= 4 is 11.7 Å². The average molecular weight is 220 g/mol. The van der Waals surface area contributed by atoms with E-state index in [1.54, 1.807) is 6.20 Å². The number of nitrogen functional groups attached to an aromatic ring is 1. The molecule has 0 saturated carbocycles. The van der Waals surface area contributed by atoms with E-state index in [-0.39, 0.29) is 5.84 Å². The summed E-state index contributed by atoms with van der Waals surface area (Å²) in [6, 6.07) is 3.65. The Morgan fingerprint density at radius 2 is 2.25 bits per heavy atom. The summed E-state index contributed by atoms with van der Waals surface area (Å²) in [5, 5.41) is 7.54. The molecule has 16 heavy (non-hydrogen) atoms. The maximum absolute atomic E-state index is 7.54. The number of nitrogens with zero attached hydrogens (tertiary/aromatic N) is 2. The molecule has 0 bridgehead atoms. The number of amidine groups is 1. The molecule has 1 rings (SSSR count). The van der Waals surface area contributed by atoms with Crippen molar-refractivity contribution in [2.24, 2.45) is 11.7 Å². The lowest BCUT2D eigenvalue weighted by molar-refractivity contribution is 0.614. The summed E-state index contributed by atoms with van der Waals surface area (Å²) in [5.74, 6) is 1.44. The van der Waals surface area contributed by atoms with E-state index in [0.717, 1.165) is 18.9 Å². The lowest BCUT2D eigenvalue weighted by Gasteiger charge is -2.25. The first kappa shape index (κ1) is 12.5. The third-order valence-corrected chi connectivity index (χ3v) is 2.34. The van der Waals surface area contributed by atoms with E-state index in [4.69, 9.17) is 11.1 Å². The number of nitrogens with two attached hydrogens (primary N) is 1. The minimum Gasteiger partial charge on any atom is -0.384 e. The van der Waals surface area contributed by atoms with Crippen molar-refractivity contribution in [3.8, 4) is 0 Å². The van der Waals surface area contributed by atoms with E-state index in [0.29, 0.717) is 11.5 Å². The van der Waals surface area contributed by atoms with Crippen LogP contribution in [0.4, 0.5) is 5.82 Å². The molecule has 0 spiro atoms. The molecule has 1 heterocycles. The smallest absolute Gasteiger partial charge is 0.139 e. The van der Waals surface area contributed by atoms with E-state index < -0.39 is 0 Å². The fraction of sp³-hybridized carbons (Fsp3) is 0.500. The minimum atomic E-state index is 0.0744. The molecule has 0 aliphatic heterocycles. The molecule has 0 saturated heterocycles. The molecular weight excluding hydrogens is 200 g/mol. The first-order valence-electron chi connectivity index (χ1n) is 5.60.